The maximum Gasteiger partial charge on any atom is 0.258 e. The van der Waals surface area contributed by atoms with Crippen LogP contribution in [0.5, 0.6) is 11.5 Å². The van der Waals surface area contributed by atoms with Crippen LogP contribution in [-0.2, 0) is 0 Å². The molecule has 0 unspecified atom stereocenters. The van der Waals surface area contributed by atoms with Crippen molar-refractivity contribution in [1.82, 2.24) is 4.98 Å². The topological polar surface area (TPSA) is 69.0 Å². The van der Waals surface area contributed by atoms with Gasteiger partial charge in [-0.2, -0.15) is 5.26 Å². The van der Waals surface area contributed by atoms with Crippen LogP contribution in [0.1, 0.15) is 47.1 Å². The van der Waals surface area contributed by atoms with Gasteiger partial charge in [0.1, 0.15) is 17.6 Å². The van der Waals surface area contributed by atoms with Crippen molar-refractivity contribution in [1.29, 1.82) is 5.26 Å². The molecule has 0 aliphatic carbocycles. The van der Waals surface area contributed by atoms with Gasteiger partial charge in [0.15, 0.2) is 0 Å². The number of nitrogens with one attached hydrogen (secondary N) is 1. The summed E-state index contributed by atoms with van der Waals surface area (Å²) in [4.78, 5) is 3.29. The zero-order chi connectivity index (χ0) is 19.9. The van der Waals surface area contributed by atoms with Crippen LogP contribution < -0.4 is 4.43 Å². The zero-order valence-electron chi connectivity index (χ0n) is 16.9. The van der Waals surface area contributed by atoms with E-state index >= 15 is 0 Å². The average Bonchev–Trinajstić information content (AvgIpc) is 2.96. The Labute approximate surface area is 161 Å². The van der Waals surface area contributed by atoms with Crippen LogP contribution in [0.15, 0.2) is 30.3 Å². The zero-order valence-corrected chi connectivity index (χ0v) is 17.9. The van der Waals surface area contributed by atoms with Crippen molar-refractivity contribution in [2.45, 2.75) is 58.2 Å². The number of hydrogen-bond acceptors (Lipinski definition) is 3. The van der Waals surface area contributed by atoms with Gasteiger partial charge in [0.25, 0.3) is 8.32 Å². The first-order valence-electron chi connectivity index (χ1n) is 9.58. The Morgan fingerprint density at radius 3 is 2.19 bits per heavy atom. The van der Waals surface area contributed by atoms with E-state index in [0.717, 1.165) is 16.3 Å². The number of nitrogens with zero attached hydrogens (tertiary/aromatic N) is 1. The number of phenols is 1. The van der Waals surface area contributed by atoms with Crippen LogP contribution >= 0.6 is 0 Å². The van der Waals surface area contributed by atoms with E-state index in [2.05, 4.69) is 52.6 Å². The molecule has 0 radical (unpaired) electrons. The van der Waals surface area contributed by atoms with Crippen molar-refractivity contribution in [2.75, 3.05) is 0 Å². The number of aromatic amines is 1. The molecule has 0 saturated heterocycles. The summed E-state index contributed by atoms with van der Waals surface area (Å²) in [6.45, 7) is 13.4. The lowest BCUT2D eigenvalue weighted by molar-refractivity contribution is 0.479. The minimum Gasteiger partial charge on any atom is -0.542 e. The molecule has 3 rings (SSSR count). The molecule has 27 heavy (non-hydrogen) atoms. The number of aromatic nitrogens is 1. The van der Waals surface area contributed by atoms with Crippen LogP contribution in [0.25, 0.3) is 21.8 Å². The Kier molecular flexibility index (Phi) is 4.96. The Bertz CT molecular complexity index is 1010. The Hall–Kier alpha value is -2.45. The van der Waals surface area contributed by atoms with Crippen LogP contribution in [0.2, 0.25) is 16.6 Å². The second-order valence-electron chi connectivity index (χ2n) is 8.25. The van der Waals surface area contributed by atoms with E-state index < -0.39 is 8.32 Å². The summed E-state index contributed by atoms with van der Waals surface area (Å²) in [5, 5.41) is 21.8. The summed E-state index contributed by atoms with van der Waals surface area (Å²) >= 11 is 0. The normalized spacial score (nSPS) is 12.4. The summed E-state index contributed by atoms with van der Waals surface area (Å²) in [6, 6.07) is 11.6. The second-order valence-corrected chi connectivity index (χ2v) is 13.6. The number of benzene rings is 2. The first kappa shape index (κ1) is 19.3. The number of hydrogen-bond donors (Lipinski definition) is 2. The molecule has 4 nitrogen and oxygen atoms in total. The third kappa shape index (κ3) is 2.98. The van der Waals surface area contributed by atoms with E-state index in [1.54, 1.807) is 6.07 Å². The fourth-order valence-electron chi connectivity index (χ4n) is 4.65. The fraction of sp³-hybridized carbons (Fsp3) is 0.409. The molecule has 0 fully saturated rings. The average molecular weight is 381 g/mol. The summed E-state index contributed by atoms with van der Waals surface area (Å²) in [5.74, 6) is 0.860. The number of aromatic hydroxyl groups is 1. The molecule has 2 aromatic carbocycles. The molecular weight excluding hydrogens is 352 g/mol. The molecule has 0 aliphatic rings. The van der Waals surface area contributed by atoms with Gasteiger partial charge in [0.05, 0.1) is 16.6 Å². The summed E-state index contributed by atoms with van der Waals surface area (Å²) in [7, 11) is -2.17. The lowest BCUT2D eigenvalue weighted by atomic mass is 10.1. The van der Waals surface area contributed by atoms with Crippen LogP contribution in [-0.4, -0.2) is 18.4 Å². The van der Waals surface area contributed by atoms with E-state index in [9.17, 15) is 10.4 Å². The van der Waals surface area contributed by atoms with Gasteiger partial charge in [-0.25, -0.2) is 0 Å². The number of rotatable bonds is 5. The van der Waals surface area contributed by atoms with Crippen molar-refractivity contribution in [2.24, 2.45) is 0 Å². The predicted molar refractivity (Wildman–Crippen MR) is 114 cm³/mol. The minimum atomic E-state index is -2.17. The molecule has 5 heteroatoms. The first-order valence-corrected chi connectivity index (χ1v) is 11.7. The number of nitriles is 1. The molecule has 0 atom stereocenters. The van der Waals surface area contributed by atoms with Gasteiger partial charge in [-0.3, -0.25) is 0 Å². The highest BCUT2D eigenvalue weighted by molar-refractivity contribution is 6.78. The Balaban J connectivity index is 2.23. The van der Waals surface area contributed by atoms with Crippen molar-refractivity contribution < 1.29 is 9.53 Å². The molecule has 1 heterocycles. The fourth-order valence-corrected chi connectivity index (χ4v) is 9.91. The standard InChI is InChI=1S/C22H28N2O2Si/c1-13(2)27(14(3)4,15(5)6)26-21-11-19-18(10-16(21)12-23)17-8-7-9-20(25)22(17)24-19/h7-11,13-15,24-25H,1-6H3. The van der Waals surface area contributed by atoms with Crippen LogP contribution in [0, 0.1) is 11.3 Å². The van der Waals surface area contributed by atoms with Gasteiger partial charge in [0, 0.05) is 16.8 Å². The summed E-state index contributed by atoms with van der Waals surface area (Å²) < 4.78 is 6.78. The van der Waals surface area contributed by atoms with Gasteiger partial charge in [-0.15, -0.1) is 0 Å². The van der Waals surface area contributed by atoms with Crippen molar-refractivity contribution in [3.63, 3.8) is 0 Å². The number of H-pyrrole nitrogens is 1. The van der Waals surface area contributed by atoms with E-state index in [4.69, 9.17) is 4.43 Å². The molecule has 0 spiro atoms. The van der Waals surface area contributed by atoms with E-state index in [0.29, 0.717) is 33.5 Å². The first-order chi connectivity index (χ1) is 12.7. The van der Waals surface area contributed by atoms with Crippen molar-refractivity contribution in [3.8, 4) is 17.6 Å². The highest BCUT2D eigenvalue weighted by Gasteiger charge is 2.47. The molecule has 0 amide bonds. The van der Waals surface area contributed by atoms with Gasteiger partial charge in [-0.05, 0) is 28.8 Å². The maximum atomic E-state index is 10.2. The summed E-state index contributed by atoms with van der Waals surface area (Å²) in [5.41, 5.74) is 3.38. The molecule has 0 bridgehead atoms. The number of para-hydroxylation sites is 1. The third-order valence-electron chi connectivity index (χ3n) is 5.83. The maximum absolute atomic E-state index is 10.2. The number of fused-ring (bicyclic) bond motifs is 3. The van der Waals surface area contributed by atoms with E-state index in [-0.39, 0.29) is 5.75 Å². The molecular formula is C22H28N2O2Si. The SMILES string of the molecule is CC(C)[Si](Oc1cc2[nH]c3c(O)cccc3c2cc1C#N)(C(C)C)C(C)C. The smallest absolute Gasteiger partial charge is 0.258 e. The molecule has 3 aromatic rings. The van der Waals surface area contributed by atoms with Crippen molar-refractivity contribution in [3.05, 3.63) is 35.9 Å². The molecule has 2 N–H and O–H groups in total. The number of phenolic OH excluding ortho intramolecular Hbond substituents is 1. The molecule has 142 valence electrons. The Morgan fingerprint density at radius 1 is 1.00 bits per heavy atom. The molecule has 1 aromatic heterocycles. The van der Waals surface area contributed by atoms with E-state index in [1.165, 1.54) is 0 Å². The Morgan fingerprint density at radius 2 is 1.63 bits per heavy atom. The lowest BCUT2D eigenvalue weighted by Crippen LogP contribution is -2.50. The largest absolute Gasteiger partial charge is 0.542 e. The van der Waals surface area contributed by atoms with Gasteiger partial charge >= 0.3 is 0 Å². The van der Waals surface area contributed by atoms with Gasteiger partial charge in [0.2, 0.25) is 0 Å². The highest BCUT2D eigenvalue weighted by atomic mass is 28.4. The quantitative estimate of drug-likeness (QED) is 0.499. The van der Waals surface area contributed by atoms with Crippen LogP contribution in [0.4, 0.5) is 0 Å². The lowest BCUT2D eigenvalue weighted by Gasteiger charge is -2.42. The highest BCUT2D eigenvalue weighted by Crippen LogP contribution is 2.44. The molecule has 0 saturated carbocycles. The third-order valence-corrected chi connectivity index (χ3v) is 11.8. The minimum absolute atomic E-state index is 0.208. The monoisotopic (exact) mass is 380 g/mol. The van der Waals surface area contributed by atoms with E-state index in [1.807, 2.05) is 24.3 Å². The second kappa shape index (κ2) is 6.93. The van der Waals surface area contributed by atoms with Gasteiger partial charge < -0.3 is 14.5 Å². The van der Waals surface area contributed by atoms with Crippen LogP contribution in [0.3, 0.4) is 0 Å². The van der Waals surface area contributed by atoms with Crippen molar-refractivity contribution >= 4 is 30.1 Å². The predicted octanol–water partition coefficient (Wildman–Crippen LogP) is 6.45. The summed E-state index contributed by atoms with van der Waals surface area (Å²) in [6.07, 6.45) is 0. The molecule has 0 aliphatic heterocycles. The van der Waals surface area contributed by atoms with Gasteiger partial charge in [-0.1, -0.05) is 53.7 Å².